The van der Waals surface area contributed by atoms with Crippen LogP contribution in [0.2, 0.25) is 0 Å². The van der Waals surface area contributed by atoms with Gasteiger partial charge in [-0.05, 0) is 69.7 Å². The summed E-state index contributed by atoms with van der Waals surface area (Å²) in [6, 6.07) is 3.50. The van der Waals surface area contributed by atoms with Crippen LogP contribution in [-0.4, -0.2) is 141 Å². The van der Waals surface area contributed by atoms with Gasteiger partial charge in [0.1, 0.15) is 12.1 Å². The molecule has 4 atom stereocenters. The summed E-state index contributed by atoms with van der Waals surface area (Å²) >= 11 is 1.34. The molecule has 2 aromatic heterocycles. The Morgan fingerprint density at radius 1 is 1.13 bits per heavy atom. The average molecular weight is 942 g/mol. The molecule has 0 spiro atoms. The number of hydrazine groups is 1. The first-order chi connectivity index (χ1) is 31.8. The number of urea groups is 1. The first-order valence-electron chi connectivity index (χ1n) is 23.0. The van der Waals surface area contributed by atoms with Gasteiger partial charge in [0.2, 0.25) is 17.5 Å². The number of amides is 5. The number of allylic oxidation sites excluding steroid dienone is 2. The van der Waals surface area contributed by atoms with Crippen molar-refractivity contribution in [1.82, 2.24) is 40.0 Å². The van der Waals surface area contributed by atoms with E-state index in [2.05, 4.69) is 47.5 Å². The second-order valence-electron chi connectivity index (χ2n) is 18.6. The molecule has 6 bridgehead atoms. The number of hydrogen-bond donors (Lipinski definition) is 3. The normalized spacial score (nSPS) is 21.7. The standard InChI is InChI=1S/C49H67N9O8S/c1-12-33(41(50-14-3)31(7)65-11)43-35-26-48(8,9)28-66-46(62)49(64)20-16-23-58(53-49)45(61)36(25-39-51-37(27-67-39)32-18-19-38(34(35)24-32)57(43)15-4)52-44(60)42(30(5)6)54(10)47(63)56-22-17-21-55(29-56)40(59)13-2/h12-14,18-19,24,27,30-31,36,42,53,64H,1-2,15-17,20-23,25-26,28-29H2,3-11H3,(H,52,60)/b41-33+,50-14-/t31-,36-,42-,49-/m0/s1. The number of methoxy groups -OCH3 is 1. The van der Waals surface area contributed by atoms with Crippen LogP contribution in [0.3, 0.4) is 0 Å². The highest BCUT2D eigenvalue weighted by molar-refractivity contribution is 7.10. The molecule has 5 heterocycles. The van der Waals surface area contributed by atoms with Crippen LogP contribution >= 0.6 is 11.3 Å². The fourth-order valence-corrected chi connectivity index (χ4v) is 10.2. The molecular weight excluding hydrogens is 875 g/mol. The molecule has 3 aliphatic heterocycles. The highest BCUT2D eigenvalue weighted by Crippen LogP contribution is 2.40. The number of aryl methyl sites for hydroxylation is 1. The molecule has 2 fully saturated rings. The van der Waals surface area contributed by atoms with E-state index in [9.17, 15) is 29.1 Å². The largest absolute Gasteiger partial charge is 0.462 e. The Labute approximate surface area is 397 Å². The van der Waals surface area contributed by atoms with Crippen LogP contribution < -0.4 is 10.7 Å². The van der Waals surface area contributed by atoms with E-state index in [1.165, 1.54) is 39.2 Å². The molecule has 2 saturated heterocycles. The number of carbonyl (C=O) groups is 5. The van der Waals surface area contributed by atoms with E-state index >= 15 is 0 Å². The molecule has 0 radical (unpaired) electrons. The number of nitrogens with zero attached hydrogens (tertiary/aromatic N) is 7. The van der Waals surface area contributed by atoms with Gasteiger partial charge in [0.15, 0.2) is 0 Å². The predicted molar refractivity (Wildman–Crippen MR) is 259 cm³/mol. The topological polar surface area (TPSA) is 191 Å². The Hall–Kier alpha value is -5.69. The quantitative estimate of drug-likeness (QED) is 0.0954. The molecule has 18 heteroatoms. The number of thiazole rings is 1. The number of aliphatic hydroxyl groups is 1. The molecule has 0 unspecified atom stereocenters. The Morgan fingerprint density at radius 3 is 2.52 bits per heavy atom. The van der Waals surface area contributed by atoms with Gasteiger partial charge >= 0.3 is 12.0 Å². The number of carbonyl (C=O) groups excluding carboxylic acids is 5. The van der Waals surface area contributed by atoms with Gasteiger partial charge in [-0.1, -0.05) is 53.0 Å². The van der Waals surface area contributed by atoms with Crippen molar-refractivity contribution in [2.75, 3.05) is 47.1 Å². The summed E-state index contributed by atoms with van der Waals surface area (Å²) in [5.74, 6) is -2.81. The third-order valence-corrected chi connectivity index (χ3v) is 13.6. The lowest BCUT2D eigenvalue weighted by Crippen LogP contribution is -2.67. The Balaban J connectivity index is 1.44. The minimum Gasteiger partial charge on any atom is -0.462 e. The number of aromatic nitrogens is 2. The molecule has 3 aromatic rings. The molecule has 3 aliphatic rings. The molecule has 1 aromatic carbocycles. The summed E-state index contributed by atoms with van der Waals surface area (Å²) in [6.45, 7) is 22.9. The van der Waals surface area contributed by atoms with Crippen molar-refractivity contribution in [2.45, 2.75) is 111 Å². The second-order valence-corrected chi connectivity index (χ2v) is 19.5. The smallest absolute Gasteiger partial charge is 0.355 e. The first kappa shape index (κ1) is 50.7. The van der Waals surface area contributed by atoms with E-state index in [4.69, 9.17) is 19.5 Å². The Kier molecular flexibility index (Phi) is 16.0. The number of cyclic esters (lactones) is 1. The summed E-state index contributed by atoms with van der Waals surface area (Å²) in [5.41, 5.74) is 5.74. The number of ether oxygens (including phenoxy) is 2. The van der Waals surface area contributed by atoms with Gasteiger partial charge in [-0.15, -0.1) is 11.3 Å². The molecule has 6 rings (SSSR count). The van der Waals surface area contributed by atoms with Gasteiger partial charge < -0.3 is 39.2 Å². The average Bonchev–Trinajstić information content (AvgIpc) is 3.90. The van der Waals surface area contributed by atoms with Crippen molar-refractivity contribution >= 4 is 63.7 Å². The summed E-state index contributed by atoms with van der Waals surface area (Å²) in [4.78, 5) is 83.7. The fraction of sp³-hybridized carbons (Fsp3) is 0.531. The van der Waals surface area contributed by atoms with Crippen LogP contribution in [-0.2, 0) is 48.0 Å². The van der Waals surface area contributed by atoms with Crippen LogP contribution in [0, 0.1) is 11.3 Å². The van der Waals surface area contributed by atoms with E-state index in [-0.39, 0.29) is 51.1 Å². The number of nitrogens with one attached hydrogen (secondary N) is 2. The maximum Gasteiger partial charge on any atom is 0.355 e. The number of benzene rings is 1. The zero-order valence-electron chi connectivity index (χ0n) is 40.4. The van der Waals surface area contributed by atoms with Gasteiger partial charge in [-0.25, -0.2) is 14.6 Å². The number of fused-ring (bicyclic) bond motifs is 6. The molecule has 0 saturated carbocycles. The zero-order valence-corrected chi connectivity index (χ0v) is 41.2. The van der Waals surface area contributed by atoms with E-state index in [1.807, 2.05) is 59.1 Å². The van der Waals surface area contributed by atoms with Crippen LogP contribution in [0.15, 0.2) is 59.6 Å². The summed E-state index contributed by atoms with van der Waals surface area (Å²) in [5, 5.41) is 19.4. The molecular formula is C49H67N9O8S. The number of esters is 1. The zero-order chi connectivity index (χ0) is 49.0. The van der Waals surface area contributed by atoms with Gasteiger partial charge in [-0.3, -0.25) is 24.4 Å². The van der Waals surface area contributed by atoms with Crippen LogP contribution in [0.25, 0.3) is 27.7 Å². The van der Waals surface area contributed by atoms with Crippen molar-refractivity contribution in [3.8, 4) is 11.3 Å². The maximum absolute atomic E-state index is 14.7. The molecule has 17 nitrogen and oxygen atoms in total. The predicted octanol–water partition coefficient (Wildman–Crippen LogP) is 5.53. The van der Waals surface area contributed by atoms with Gasteiger partial charge in [0, 0.05) is 92.2 Å². The fourth-order valence-electron chi connectivity index (χ4n) is 9.31. The van der Waals surface area contributed by atoms with E-state index in [0.29, 0.717) is 48.9 Å². The lowest BCUT2D eigenvalue weighted by atomic mass is 9.84. The van der Waals surface area contributed by atoms with Crippen LogP contribution in [0.4, 0.5) is 4.79 Å². The Morgan fingerprint density at radius 2 is 1.87 bits per heavy atom. The number of hydrogen-bond acceptors (Lipinski definition) is 12. The molecule has 67 heavy (non-hydrogen) atoms. The lowest BCUT2D eigenvalue weighted by molar-refractivity contribution is -0.189. The number of aliphatic imine (C=N–C) groups is 1. The minimum absolute atomic E-state index is 0.0274. The van der Waals surface area contributed by atoms with Crippen molar-refractivity contribution in [1.29, 1.82) is 0 Å². The van der Waals surface area contributed by atoms with Gasteiger partial charge in [0.25, 0.3) is 5.91 Å². The molecule has 0 aliphatic carbocycles. The second kappa shape index (κ2) is 21.1. The minimum atomic E-state index is -2.25. The van der Waals surface area contributed by atoms with E-state index in [1.54, 1.807) is 13.3 Å². The van der Waals surface area contributed by atoms with Crippen molar-refractivity contribution in [3.05, 3.63) is 70.9 Å². The lowest BCUT2D eigenvalue weighted by Gasteiger charge is -2.41. The van der Waals surface area contributed by atoms with Crippen molar-refractivity contribution < 1.29 is 38.6 Å². The van der Waals surface area contributed by atoms with Crippen molar-refractivity contribution in [2.24, 2.45) is 16.3 Å². The summed E-state index contributed by atoms with van der Waals surface area (Å²) in [7, 11) is 3.17. The number of rotatable bonds is 11. The Bertz CT molecular complexity index is 2460. The SMILES string of the molecule is C=CC(=O)N1CCCN(C(=O)N(C)[C@H](C(=O)N[C@H]2Cc3nc(cs3)-c3ccc4c(c3)c(c(/C(C=C)=C(/N=C\C)[C@H](C)OC)n4CC)CC(C)(C)COC(=O)[C@@]3(O)CCCN(N3)C2=O)C(C)C)C1. The van der Waals surface area contributed by atoms with Crippen LogP contribution in [0.1, 0.15) is 84.0 Å². The maximum atomic E-state index is 14.7. The monoisotopic (exact) mass is 941 g/mol. The highest BCUT2D eigenvalue weighted by atomic mass is 32.1. The molecule has 362 valence electrons. The van der Waals surface area contributed by atoms with Crippen molar-refractivity contribution in [3.63, 3.8) is 0 Å². The van der Waals surface area contributed by atoms with E-state index in [0.717, 1.165) is 38.3 Å². The highest BCUT2D eigenvalue weighted by Gasteiger charge is 2.46. The number of likely N-dealkylation sites (N-methyl/N-ethyl adjacent to an activating group) is 1. The van der Waals surface area contributed by atoms with Crippen LogP contribution in [0.5, 0.6) is 0 Å². The third-order valence-electron chi connectivity index (χ3n) is 12.7. The molecule has 5 amide bonds. The summed E-state index contributed by atoms with van der Waals surface area (Å²) in [6.07, 6.45) is 5.59. The first-order valence-corrected chi connectivity index (χ1v) is 23.9. The van der Waals surface area contributed by atoms with Gasteiger partial charge in [-0.2, -0.15) is 5.43 Å². The molecule has 3 N–H and O–H groups in total. The van der Waals surface area contributed by atoms with Gasteiger partial charge in [0.05, 0.1) is 41.5 Å². The van der Waals surface area contributed by atoms with E-state index < -0.39 is 53.0 Å². The third kappa shape index (κ3) is 10.7. The summed E-state index contributed by atoms with van der Waals surface area (Å²) < 4.78 is 14.0.